The zero-order chi connectivity index (χ0) is 14.7. The number of rotatable bonds is 4. The van der Waals surface area contributed by atoms with Crippen LogP contribution in [0, 0.1) is 0 Å². The van der Waals surface area contributed by atoms with Crippen LogP contribution in [0.15, 0.2) is 29.2 Å². The molecule has 122 valence electrons. The fourth-order valence-electron chi connectivity index (χ4n) is 3.31. The lowest BCUT2D eigenvalue weighted by molar-refractivity contribution is -0.133. The molecule has 2 heterocycles. The highest BCUT2D eigenvalue weighted by Crippen LogP contribution is 2.29. The fraction of sp³-hybridized carbons (Fsp3) is 0.562. The molecule has 0 aliphatic carbocycles. The van der Waals surface area contributed by atoms with Crippen molar-refractivity contribution < 1.29 is 4.79 Å². The van der Waals surface area contributed by atoms with Crippen LogP contribution < -0.4 is 5.32 Å². The van der Waals surface area contributed by atoms with Crippen LogP contribution in [-0.2, 0) is 4.79 Å². The van der Waals surface area contributed by atoms with Crippen molar-refractivity contribution in [1.82, 2.24) is 10.2 Å². The molecule has 0 radical (unpaired) electrons. The van der Waals surface area contributed by atoms with E-state index in [1.54, 1.807) is 11.8 Å². The quantitative estimate of drug-likeness (QED) is 0.832. The smallest absolute Gasteiger partial charge is 0.223 e. The molecule has 1 N–H and O–H groups in total. The van der Waals surface area contributed by atoms with E-state index >= 15 is 0 Å². The van der Waals surface area contributed by atoms with E-state index in [1.165, 1.54) is 11.3 Å². The highest BCUT2D eigenvalue weighted by Gasteiger charge is 2.37. The third kappa shape index (κ3) is 4.31. The van der Waals surface area contributed by atoms with E-state index in [4.69, 9.17) is 11.6 Å². The number of benzene rings is 1. The third-order valence-corrected chi connectivity index (χ3v) is 5.61. The first-order valence-electron chi connectivity index (χ1n) is 7.64. The monoisotopic (exact) mass is 360 g/mol. The lowest BCUT2D eigenvalue weighted by atomic mass is 10.1. The Labute approximate surface area is 147 Å². The molecule has 6 heteroatoms. The Morgan fingerprint density at radius 3 is 2.73 bits per heavy atom. The molecule has 2 unspecified atom stereocenters. The highest BCUT2D eigenvalue weighted by molar-refractivity contribution is 7.99. The van der Waals surface area contributed by atoms with Gasteiger partial charge in [0.15, 0.2) is 0 Å². The van der Waals surface area contributed by atoms with Crippen LogP contribution in [0.2, 0.25) is 5.02 Å². The molecule has 1 aromatic rings. The summed E-state index contributed by atoms with van der Waals surface area (Å²) in [6, 6.07) is 8.70. The predicted octanol–water partition coefficient (Wildman–Crippen LogP) is 3.60. The molecule has 0 aromatic heterocycles. The minimum Gasteiger partial charge on any atom is -0.335 e. The Morgan fingerprint density at radius 1 is 1.23 bits per heavy atom. The molecular formula is C16H22Cl2N2OS. The summed E-state index contributed by atoms with van der Waals surface area (Å²) in [5, 5.41) is 4.19. The normalized spacial score (nSPS) is 23.8. The van der Waals surface area contributed by atoms with E-state index < -0.39 is 0 Å². The van der Waals surface area contributed by atoms with E-state index in [-0.39, 0.29) is 12.4 Å². The number of nitrogens with one attached hydrogen (secondary N) is 1. The summed E-state index contributed by atoms with van der Waals surface area (Å²) in [6.07, 6.45) is 4.07. The lowest BCUT2D eigenvalue weighted by Crippen LogP contribution is -2.42. The molecular weight excluding hydrogens is 339 g/mol. The minimum atomic E-state index is 0. The van der Waals surface area contributed by atoms with E-state index in [0.29, 0.717) is 24.4 Å². The van der Waals surface area contributed by atoms with Crippen LogP contribution in [0.4, 0.5) is 0 Å². The van der Waals surface area contributed by atoms with Crippen molar-refractivity contribution in [1.29, 1.82) is 0 Å². The first kappa shape index (κ1) is 17.9. The van der Waals surface area contributed by atoms with E-state index in [0.717, 1.165) is 36.7 Å². The molecule has 0 spiro atoms. The van der Waals surface area contributed by atoms with Crippen molar-refractivity contribution in [3.8, 4) is 0 Å². The average Bonchev–Trinajstić information content (AvgIpc) is 2.74. The molecule has 2 aliphatic heterocycles. The number of carbonyl (C=O) groups excluding carboxylic acids is 1. The zero-order valence-corrected chi connectivity index (χ0v) is 14.9. The summed E-state index contributed by atoms with van der Waals surface area (Å²) in [4.78, 5) is 15.9. The third-order valence-electron chi connectivity index (χ3n) is 4.34. The van der Waals surface area contributed by atoms with Gasteiger partial charge in [-0.05, 0) is 50.1 Å². The van der Waals surface area contributed by atoms with Gasteiger partial charge in [-0.2, -0.15) is 0 Å². The van der Waals surface area contributed by atoms with Gasteiger partial charge in [-0.3, -0.25) is 4.79 Å². The molecule has 2 atom stereocenters. The van der Waals surface area contributed by atoms with Gasteiger partial charge in [-0.15, -0.1) is 24.2 Å². The maximum absolute atomic E-state index is 12.5. The molecule has 3 nitrogen and oxygen atoms in total. The van der Waals surface area contributed by atoms with Crippen molar-refractivity contribution >= 4 is 41.7 Å². The molecule has 22 heavy (non-hydrogen) atoms. The van der Waals surface area contributed by atoms with Gasteiger partial charge in [-0.25, -0.2) is 0 Å². The van der Waals surface area contributed by atoms with Crippen LogP contribution in [-0.4, -0.2) is 41.7 Å². The van der Waals surface area contributed by atoms with Crippen LogP contribution in [0.3, 0.4) is 0 Å². The van der Waals surface area contributed by atoms with Crippen molar-refractivity contribution in [2.45, 2.75) is 42.7 Å². The number of nitrogens with zero attached hydrogens (tertiary/aromatic N) is 1. The Hall–Kier alpha value is -0.420. The summed E-state index contributed by atoms with van der Waals surface area (Å²) < 4.78 is 0. The Morgan fingerprint density at radius 2 is 1.95 bits per heavy atom. The maximum atomic E-state index is 12.5. The molecule has 2 aliphatic rings. The number of amides is 1. The Kier molecular flexibility index (Phi) is 6.87. The first-order valence-corrected chi connectivity index (χ1v) is 9.00. The van der Waals surface area contributed by atoms with E-state index in [1.807, 2.05) is 24.3 Å². The van der Waals surface area contributed by atoms with Gasteiger partial charge >= 0.3 is 0 Å². The molecule has 1 aromatic carbocycles. The maximum Gasteiger partial charge on any atom is 0.223 e. The van der Waals surface area contributed by atoms with Gasteiger partial charge in [0.25, 0.3) is 0 Å². The summed E-state index contributed by atoms with van der Waals surface area (Å²) >= 11 is 7.60. The topological polar surface area (TPSA) is 32.3 Å². The van der Waals surface area contributed by atoms with Gasteiger partial charge in [0.1, 0.15) is 0 Å². The first-order chi connectivity index (χ1) is 10.2. The molecule has 2 bridgehead atoms. The van der Waals surface area contributed by atoms with Crippen molar-refractivity contribution in [2.75, 3.05) is 18.8 Å². The van der Waals surface area contributed by atoms with E-state index in [9.17, 15) is 4.79 Å². The van der Waals surface area contributed by atoms with Gasteiger partial charge in [-0.1, -0.05) is 11.6 Å². The Bertz CT molecular complexity index is 483. The number of thioether (sulfide) groups is 1. The molecule has 0 saturated carbocycles. The second kappa shape index (κ2) is 8.44. The zero-order valence-electron chi connectivity index (χ0n) is 12.5. The summed E-state index contributed by atoms with van der Waals surface area (Å²) in [6.45, 7) is 2.01. The van der Waals surface area contributed by atoms with Crippen molar-refractivity contribution in [2.24, 2.45) is 0 Å². The lowest BCUT2D eigenvalue weighted by Gasteiger charge is -2.27. The second-order valence-electron chi connectivity index (χ2n) is 5.73. The van der Waals surface area contributed by atoms with E-state index in [2.05, 4.69) is 10.2 Å². The standard InChI is InChI=1S/C16H21ClN2OS.ClH/c17-12-1-5-15(6-2-12)21-10-8-16(20)19-13-3-4-14(19)11-18-9-7-13;/h1-2,5-6,13-14,18H,3-4,7-11H2;1H. The minimum absolute atomic E-state index is 0. The molecule has 1 amide bonds. The molecule has 3 rings (SSSR count). The number of carbonyl (C=O) groups is 1. The van der Waals surface area contributed by atoms with Crippen molar-refractivity contribution in [3.05, 3.63) is 29.3 Å². The molecule has 2 saturated heterocycles. The van der Waals surface area contributed by atoms with Crippen LogP contribution in [0.1, 0.15) is 25.7 Å². The highest BCUT2D eigenvalue weighted by atomic mass is 35.5. The number of hydrogen-bond donors (Lipinski definition) is 1. The second-order valence-corrected chi connectivity index (χ2v) is 7.34. The average molecular weight is 361 g/mol. The number of hydrogen-bond acceptors (Lipinski definition) is 3. The summed E-state index contributed by atoms with van der Waals surface area (Å²) in [7, 11) is 0. The number of fused-ring (bicyclic) bond motifs is 2. The predicted molar refractivity (Wildman–Crippen MR) is 95.2 cm³/mol. The Balaban J connectivity index is 0.00000176. The van der Waals surface area contributed by atoms with Gasteiger partial charge in [0.2, 0.25) is 5.91 Å². The van der Waals surface area contributed by atoms with Crippen LogP contribution >= 0.6 is 35.8 Å². The van der Waals surface area contributed by atoms with Gasteiger partial charge in [0, 0.05) is 40.7 Å². The largest absolute Gasteiger partial charge is 0.335 e. The summed E-state index contributed by atoms with van der Waals surface area (Å²) in [5.74, 6) is 1.16. The van der Waals surface area contributed by atoms with Crippen LogP contribution in [0.5, 0.6) is 0 Å². The summed E-state index contributed by atoms with van der Waals surface area (Å²) in [5.41, 5.74) is 0. The number of halogens is 2. The van der Waals surface area contributed by atoms with Gasteiger partial charge < -0.3 is 10.2 Å². The SMILES string of the molecule is Cl.O=C(CCSc1ccc(Cl)cc1)N1C2CCNCC1CC2. The fourth-order valence-corrected chi connectivity index (χ4v) is 4.27. The van der Waals surface area contributed by atoms with Crippen LogP contribution in [0.25, 0.3) is 0 Å². The van der Waals surface area contributed by atoms with Crippen molar-refractivity contribution in [3.63, 3.8) is 0 Å². The molecule has 2 fully saturated rings. The van der Waals surface area contributed by atoms with Gasteiger partial charge in [0.05, 0.1) is 0 Å².